The van der Waals surface area contributed by atoms with Gasteiger partial charge in [-0.2, -0.15) is 0 Å². The molecule has 0 aliphatic carbocycles. The Hall–Kier alpha value is -2.45. The van der Waals surface area contributed by atoms with E-state index in [4.69, 9.17) is 9.47 Å². The molecule has 0 bridgehead atoms. The van der Waals surface area contributed by atoms with Gasteiger partial charge in [0.2, 0.25) is 11.8 Å². The molecule has 6 nitrogen and oxygen atoms in total. The van der Waals surface area contributed by atoms with Gasteiger partial charge >= 0.3 is 0 Å². The predicted molar refractivity (Wildman–Crippen MR) is 122 cm³/mol. The van der Waals surface area contributed by atoms with Crippen LogP contribution < -0.4 is 4.74 Å². The van der Waals surface area contributed by atoms with Crippen LogP contribution in [0.1, 0.15) is 36.8 Å². The molecule has 8 heteroatoms. The number of rotatable bonds is 10. The Morgan fingerprint density at radius 3 is 2.84 bits per heavy atom. The van der Waals surface area contributed by atoms with Gasteiger partial charge in [0, 0.05) is 31.1 Å². The van der Waals surface area contributed by atoms with Gasteiger partial charge in [0.05, 0.1) is 12.6 Å². The first-order valence-electron chi connectivity index (χ1n) is 10.9. The molecule has 1 atom stereocenters. The summed E-state index contributed by atoms with van der Waals surface area (Å²) in [5, 5.41) is 2.02. The topological polar surface area (TPSA) is 59.1 Å². The standard InChI is InChI=1S/C24H31FN2O4S/c1-17(2)7-10-26(24(29)16-30-3)14-23(28)27-11-8-22-20(9-12-32-22)21(27)15-31-19-6-4-5-18(25)13-19/h4-6,9,12-13,17,21H,7-8,10-11,14-16H2,1-3H3. The third-order valence-electron chi connectivity index (χ3n) is 5.54. The van der Waals surface area contributed by atoms with Crippen LogP contribution in [0, 0.1) is 11.7 Å². The maximum atomic E-state index is 13.5. The van der Waals surface area contributed by atoms with Crippen molar-refractivity contribution in [1.82, 2.24) is 9.80 Å². The maximum Gasteiger partial charge on any atom is 0.249 e. The quantitative estimate of drug-likeness (QED) is 0.537. The fourth-order valence-corrected chi connectivity index (χ4v) is 4.71. The lowest BCUT2D eigenvalue weighted by atomic mass is 10.0. The number of benzene rings is 1. The summed E-state index contributed by atoms with van der Waals surface area (Å²) in [7, 11) is 1.48. The Bertz CT molecular complexity index is 917. The summed E-state index contributed by atoms with van der Waals surface area (Å²) < 4.78 is 24.4. The number of hydrogen-bond acceptors (Lipinski definition) is 5. The van der Waals surface area contributed by atoms with E-state index < -0.39 is 0 Å². The Morgan fingerprint density at radius 2 is 2.12 bits per heavy atom. The number of amides is 2. The second-order valence-electron chi connectivity index (χ2n) is 8.35. The molecule has 2 heterocycles. The van der Waals surface area contributed by atoms with E-state index in [0.717, 1.165) is 18.4 Å². The first kappa shape index (κ1) is 24.2. The molecule has 0 saturated heterocycles. The lowest BCUT2D eigenvalue weighted by molar-refractivity contribution is -0.144. The van der Waals surface area contributed by atoms with Gasteiger partial charge in [-0.3, -0.25) is 9.59 Å². The van der Waals surface area contributed by atoms with Crippen LogP contribution in [0.25, 0.3) is 0 Å². The van der Waals surface area contributed by atoms with Crippen molar-refractivity contribution in [3.8, 4) is 5.75 Å². The molecular formula is C24H31FN2O4S. The summed E-state index contributed by atoms with van der Waals surface area (Å²) >= 11 is 1.67. The van der Waals surface area contributed by atoms with Gasteiger partial charge in [0.1, 0.15) is 24.8 Å². The molecule has 1 aliphatic rings. The first-order chi connectivity index (χ1) is 15.4. The molecule has 0 spiro atoms. The molecule has 1 aromatic heterocycles. The average molecular weight is 463 g/mol. The van der Waals surface area contributed by atoms with Gasteiger partial charge in [-0.1, -0.05) is 19.9 Å². The lowest BCUT2D eigenvalue weighted by Crippen LogP contribution is -2.48. The van der Waals surface area contributed by atoms with Crippen molar-refractivity contribution < 1.29 is 23.5 Å². The number of hydrogen-bond donors (Lipinski definition) is 0. The monoisotopic (exact) mass is 462 g/mol. The zero-order chi connectivity index (χ0) is 23.1. The number of thiophene rings is 1. The highest BCUT2D eigenvalue weighted by Gasteiger charge is 2.33. The molecular weight excluding hydrogens is 431 g/mol. The third kappa shape index (κ3) is 6.29. The second kappa shape index (κ2) is 11.4. The summed E-state index contributed by atoms with van der Waals surface area (Å²) in [4.78, 5) is 30.5. The van der Waals surface area contributed by atoms with Crippen LogP contribution in [0.3, 0.4) is 0 Å². The van der Waals surface area contributed by atoms with Crippen LogP contribution in [-0.4, -0.2) is 61.6 Å². The highest BCUT2D eigenvalue weighted by molar-refractivity contribution is 7.10. The van der Waals surface area contributed by atoms with Crippen LogP contribution in [-0.2, 0) is 20.7 Å². The summed E-state index contributed by atoms with van der Waals surface area (Å²) in [6.07, 6.45) is 1.58. The normalized spacial score (nSPS) is 15.5. The van der Waals surface area contributed by atoms with Crippen LogP contribution in [0.15, 0.2) is 35.7 Å². The molecule has 0 radical (unpaired) electrons. The molecule has 1 unspecified atom stereocenters. The molecule has 32 heavy (non-hydrogen) atoms. The Morgan fingerprint density at radius 1 is 1.31 bits per heavy atom. The van der Waals surface area contributed by atoms with Crippen LogP contribution in [0.2, 0.25) is 0 Å². The minimum absolute atomic E-state index is 0.00481. The SMILES string of the molecule is COCC(=O)N(CCC(C)C)CC(=O)N1CCc2sccc2C1COc1cccc(F)c1. The van der Waals surface area contributed by atoms with E-state index in [1.807, 2.05) is 11.4 Å². The van der Waals surface area contributed by atoms with Gasteiger partial charge in [-0.05, 0) is 47.9 Å². The minimum atomic E-state index is -0.368. The van der Waals surface area contributed by atoms with Gasteiger partial charge in [-0.25, -0.2) is 4.39 Å². The van der Waals surface area contributed by atoms with E-state index >= 15 is 0 Å². The van der Waals surface area contributed by atoms with Crippen molar-refractivity contribution in [1.29, 1.82) is 0 Å². The van der Waals surface area contributed by atoms with E-state index in [2.05, 4.69) is 13.8 Å². The predicted octanol–water partition coefficient (Wildman–Crippen LogP) is 3.91. The van der Waals surface area contributed by atoms with Crippen molar-refractivity contribution >= 4 is 23.2 Å². The molecule has 0 fully saturated rings. The van der Waals surface area contributed by atoms with E-state index in [1.54, 1.807) is 33.3 Å². The number of carbonyl (C=O) groups is 2. The van der Waals surface area contributed by atoms with Crippen molar-refractivity contribution in [2.24, 2.45) is 5.92 Å². The fraction of sp³-hybridized carbons (Fsp3) is 0.500. The molecule has 1 aliphatic heterocycles. The van der Waals surface area contributed by atoms with Crippen molar-refractivity contribution in [3.63, 3.8) is 0 Å². The molecule has 2 amide bonds. The van der Waals surface area contributed by atoms with Crippen molar-refractivity contribution in [2.45, 2.75) is 32.7 Å². The highest BCUT2D eigenvalue weighted by Crippen LogP contribution is 2.34. The molecule has 174 valence electrons. The van der Waals surface area contributed by atoms with Crippen LogP contribution in [0.4, 0.5) is 4.39 Å². The summed E-state index contributed by atoms with van der Waals surface area (Å²) in [6, 6.07) is 7.72. The van der Waals surface area contributed by atoms with E-state index in [9.17, 15) is 14.0 Å². The molecule has 3 rings (SSSR count). The highest BCUT2D eigenvalue weighted by atomic mass is 32.1. The zero-order valence-electron chi connectivity index (χ0n) is 18.9. The van der Waals surface area contributed by atoms with Gasteiger partial charge in [0.25, 0.3) is 0 Å². The molecule has 0 N–H and O–H groups in total. The zero-order valence-corrected chi connectivity index (χ0v) is 19.7. The van der Waals surface area contributed by atoms with E-state index in [0.29, 0.717) is 24.8 Å². The number of methoxy groups -OCH3 is 1. The fourth-order valence-electron chi connectivity index (χ4n) is 3.78. The smallest absolute Gasteiger partial charge is 0.249 e. The third-order valence-corrected chi connectivity index (χ3v) is 6.54. The van der Waals surface area contributed by atoms with Gasteiger partial charge in [0.15, 0.2) is 0 Å². The number of ether oxygens (including phenoxy) is 2. The summed E-state index contributed by atoms with van der Waals surface area (Å²) in [6.45, 7) is 5.41. The summed E-state index contributed by atoms with van der Waals surface area (Å²) in [5.41, 5.74) is 1.06. The molecule has 2 aromatic rings. The minimum Gasteiger partial charge on any atom is -0.491 e. The number of nitrogens with zero attached hydrogens (tertiary/aromatic N) is 2. The summed E-state index contributed by atoms with van der Waals surface area (Å²) in [5.74, 6) is 0.158. The number of halogens is 1. The Balaban J connectivity index is 1.75. The average Bonchev–Trinajstić information content (AvgIpc) is 3.24. The second-order valence-corrected chi connectivity index (χ2v) is 9.35. The van der Waals surface area contributed by atoms with Gasteiger partial charge in [-0.15, -0.1) is 11.3 Å². The van der Waals surface area contributed by atoms with Crippen molar-refractivity contribution in [2.75, 3.05) is 40.0 Å². The number of carbonyl (C=O) groups excluding carboxylic acids is 2. The first-order valence-corrected chi connectivity index (χ1v) is 11.8. The van der Waals surface area contributed by atoms with Crippen LogP contribution in [0.5, 0.6) is 5.75 Å². The molecule has 0 saturated carbocycles. The number of fused-ring (bicyclic) bond motifs is 1. The van der Waals surface area contributed by atoms with Gasteiger partial charge < -0.3 is 19.3 Å². The molecule has 1 aromatic carbocycles. The van der Waals surface area contributed by atoms with Crippen molar-refractivity contribution in [3.05, 3.63) is 52.0 Å². The maximum absolute atomic E-state index is 13.5. The van der Waals surface area contributed by atoms with Crippen LogP contribution >= 0.6 is 11.3 Å². The Labute approximate surface area is 192 Å². The largest absolute Gasteiger partial charge is 0.491 e. The Kier molecular flexibility index (Phi) is 8.64. The van der Waals surface area contributed by atoms with E-state index in [-0.39, 0.29) is 43.4 Å². The lowest BCUT2D eigenvalue weighted by Gasteiger charge is -2.37. The van der Waals surface area contributed by atoms with E-state index in [1.165, 1.54) is 24.1 Å².